The van der Waals surface area contributed by atoms with Crippen LogP contribution in [0, 0.1) is 0 Å². The average Bonchev–Trinajstić information content (AvgIpc) is 3.30. The molecule has 2 aromatic rings. The number of aromatic hydroxyl groups is 1. The molecule has 0 aliphatic carbocycles. The van der Waals surface area contributed by atoms with Crippen molar-refractivity contribution in [2.45, 2.75) is 6.92 Å². The monoisotopic (exact) mass is 415 g/mol. The first-order valence-electron chi connectivity index (χ1n) is 9.57. The Kier molecular flexibility index (Phi) is 7.21. The van der Waals surface area contributed by atoms with Gasteiger partial charge >= 0.3 is 5.97 Å². The number of methoxy groups -OCH3 is 2. The van der Waals surface area contributed by atoms with Crippen LogP contribution in [-0.2, 0) is 14.2 Å². The Morgan fingerprint density at radius 2 is 2.00 bits per heavy atom. The van der Waals surface area contributed by atoms with E-state index in [1.807, 2.05) is 6.07 Å². The number of ether oxygens (including phenoxy) is 3. The number of rotatable bonds is 10. The van der Waals surface area contributed by atoms with Crippen LogP contribution in [0.1, 0.15) is 28.6 Å². The summed E-state index contributed by atoms with van der Waals surface area (Å²) in [4.78, 5) is 22.8. The molecule has 1 aliphatic rings. The summed E-state index contributed by atoms with van der Waals surface area (Å²) in [6.07, 6.45) is 4.92. The summed E-state index contributed by atoms with van der Waals surface area (Å²) in [5.41, 5.74) is 1.49. The van der Waals surface area contributed by atoms with E-state index in [4.69, 9.17) is 18.6 Å². The highest BCUT2D eigenvalue weighted by molar-refractivity contribution is 6.21. The number of anilines is 1. The van der Waals surface area contributed by atoms with Crippen LogP contribution in [0.3, 0.4) is 0 Å². The quantitative estimate of drug-likeness (QED) is 0.591. The van der Waals surface area contributed by atoms with Crippen molar-refractivity contribution < 1.29 is 28.5 Å². The zero-order valence-corrected chi connectivity index (χ0v) is 17.3. The third-order valence-corrected chi connectivity index (χ3v) is 4.50. The van der Waals surface area contributed by atoms with Crippen LogP contribution in [0.2, 0.25) is 0 Å². The van der Waals surface area contributed by atoms with Gasteiger partial charge in [0, 0.05) is 50.9 Å². The molecule has 160 valence electrons. The fourth-order valence-electron chi connectivity index (χ4n) is 3.04. The SMILES string of the molecule is CCOC(=O)c1c(N(CCOC)CCOC)oc(C=C2C=Nc3ncccc32)c1O. The first kappa shape index (κ1) is 21.5. The van der Waals surface area contributed by atoms with Crippen molar-refractivity contribution in [2.75, 3.05) is 52.0 Å². The Morgan fingerprint density at radius 3 is 2.67 bits per heavy atom. The fraction of sp³-hybridized carbons (Fsp3) is 0.381. The van der Waals surface area contributed by atoms with Crippen molar-refractivity contribution in [2.24, 2.45) is 4.99 Å². The number of aliphatic imine (C=N–C) groups is 1. The number of allylic oxidation sites excluding steroid dienone is 1. The Hall–Kier alpha value is -3.17. The topological polar surface area (TPSA) is 107 Å². The van der Waals surface area contributed by atoms with Gasteiger partial charge in [0.05, 0.1) is 19.8 Å². The van der Waals surface area contributed by atoms with E-state index < -0.39 is 5.97 Å². The third kappa shape index (κ3) is 4.52. The van der Waals surface area contributed by atoms with Crippen molar-refractivity contribution in [1.82, 2.24) is 4.98 Å². The standard InChI is InChI=1S/C21H25N3O6/c1-4-29-21(26)17-18(25)16(12-14-13-23-19-15(14)6-5-7-22-19)30-20(17)24(8-10-27-2)9-11-28-3/h5-7,12-13,25H,4,8-11H2,1-3H3. The summed E-state index contributed by atoms with van der Waals surface area (Å²) in [5.74, 6) is -0.0383. The maximum atomic E-state index is 12.6. The highest BCUT2D eigenvalue weighted by Gasteiger charge is 2.30. The van der Waals surface area contributed by atoms with Crippen LogP contribution in [0.25, 0.3) is 11.6 Å². The maximum Gasteiger partial charge on any atom is 0.347 e. The predicted molar refractivity (Wildman–Crippen MR) is 113 cm³/mol. The van der Waals surface area contributed by atoms with Gasteiger partial charge in [-0.15, -0.1) is 0 Å². The van der Waals surface area contributed by atoms with Gasteiger partial charge in [0.1, 0.15) is 0 Å². The molecular formula is C21H25N3O6. The second kappa shape index (κ2) is 10.0. The van der Waals surface area contributed by atoms with Gasteiger partial charge in [-0.3, -0.25) is 0 Å². The number of fused-ring (bicyclic) bond motifs is 1. The van der Waals surface area contributed by atoms with Crippen molar-refractivity contribution >= 4 is 35.5 Å². The molecule has 0 saturated carbocycles. The molecule has 9 nitrogen and oxygen atoms in total. The molecule has 0 aromatic carbocycles. The van der Waals surface area contributed by atoms with E-state index in [1.165, 1.54) is 0 Å². The van der Waals surface area contributed by atoms with Crippen molar-refractivity contribution in [1.29, 1.82) is 0 Å². The zero-order valence-electron chi connectivity index (χ0n) is 17.3. The van der Waals surface area contributed by atoms with Crippen molar-refractivity contribution in [3.8, 4) is 5.75 Å². The second-order valence-electron chi connectivity index (χ2n) is 6.42. The molecule has 0 spiro atoms. The molecule has 0 amide bonds. The number of aromatic nitrogens is 1. The van der Waals surface area contributed by atoms with Gasteiger partial charge in [-0.05, 0) is 25.1 Å². The number of hydrogen-bond donors (Lipinski definition) is 1. The van der Waals surface area contributed by atoms with Crippen LogP contribution >= 0.6 is 0 Å². The molecule has 0 bridgehead atoms. The van der Waals surface area contributed by atoms with E-state index in [2.05, 4.69) is 9.98 Å². The molecule has 0 fully saturated rings. The van der Waals surface area contributed by atoms with E-state index in [0.29, 0.717) is 37.7 Å². The van der Waals surface area contributed by atoms with Gasteiger partial charge in [0.25, 0.3) is 0 Å². The van der Waals surface area contributed by atoms with Crippen molar-refractivity contribution in [3.05, 3.63) is 35.2 Å². The molecule has 1 aliphatic heterocycles. The van der Waals surface area contributed by atoms with E-state index >= 15 is 0 Å². The van der Waals surface area contributed by atoms with Crippen LogP contribution in [0.5, 0.6) is 5.75 Å². The lowest BCUT2D eigenvalue weighted by Gasteiger charge is -2.22. The van der Waals surface area contributed by atoms with Crippen LogP contribution in [-0.4, -0.2) is 69.4 Å². The predicted octanol–water partition coefficient (Wildman–Crippen LogP) is 2.91. The van der Waals surface area contributed by atoms with Gasteiger partial charge in [-0.25, -0.2) is 14.8 Å². The third-order valence-electron chi connectivity index (χ3n) is 4.50. The maximum absolute atomic E-state index is 12.6. The first-order valence-corrected chi connectivity index (χ1v) is 9.57. The van der Waals surface area contributed by atoms with E-state index in [0.717, 1.165) is 5.56 Å². The summed E-state index contributed by atoms with van der Waals surface area (Å²) in [6, 6.07) is 3.67. The van der Waals surface area contributed by atoms with E-state index in [-0.39, 0.29) is 29.6 Å². The normalized spacial score (nSPS) is 13.6. The van der Waals surface area contributed by atoms with Gasteiger partial charge in [-0.1, -0.05) is 0 Å². The summed E-state index contributed by atoms with van der Waals surface area (Å²) in [6.45, 7) is 3.53. The molecule has 2 aromatic heterocycles. The van der Waals surface area contributed by atoms with Gasteiger partial charge in [0.2, 0.25) is 5.88 Å². The minimum Gasteiger partial charge on any atom is -0.504 e. The molecular weight excluding hydrogens is 390 g/mol. The summed E-state index contributed by atoms with van der Waals surface area (Å²) in [7, 11) is 3.17. The van der Waals surface area contributed by atoms with Crippen LogP contribution in [0.4, 0.5) is 11.7 Å². The zero-order chi connectivity index (χ0) is 21.5. The van der Waals surface area contributed by atoms with Crippen LogP contribution in [0.15, 0.2) is 27.7 Å². The number of esters is 1. The van der Waals surface area contributed by atoms with Gasteiger partial charge in [0.15, 0.2) is 22.9 Å². The van der Waals surface area contributed by atoms with Gasteiger partial charge in [-0.2, -0.15) is 0 Å². The highest BCUT2D eigenvalue weighted by atomic mass is 16.5. The molecule has 30 heavy (non-hydrogen) atoms. The number of carbonyl (C=O) groups excluding carboxylic acids is 1. The number of nitrogens with zero attached hydrogens (tertiary/aromatic N) is 3. The number of carbonyl (C=O) groups is 1. The smallest absolute Gasteiger partial charge is 0.347 e. The summed E-state index contributed by atoms with van der Waals surface area (Å²) >= 11 is 0. The Labute approximate surface area is 174 Å². The lowest BCUT2D eigenvalue weighted by molar-refractivity contribution is 0.0523. The molecule has 9 heteroatoms. The minimum absolute atomic E-state index is 0.0303. The second-order valence-corrected chi connectivity index (χ2v) is 6.42. The Balaban J connectivity index is 2.05. The Bertz CT molecular complexity index is 942. The average molecular weight is 415 g/mol. The molecule has 0 unspecified atom stereocenters. The fourth-order valence-corrected chi connectivity index (χ4v) is 3.04. The summed E-state index contributed by atoms with van der Waals surface area (Å²) in [5, 5.41) is 10.8. The first-order chi connectivity index (χ1) is 14.6. The lowest BCUT2D eigenvalue weighted by Crippen LogP contribution is -2.31. The highest BCUT2D eigenvalue weighted by Crippen LogP contribution is 2.39. The largest absolute Gasteiger partial charge is 0.504 e. The number of furan rings is 1. The molecule has 3 heterocycles. The van der Waals surface area contributed by atoms with Crippen LogP contribution < -0.4 is 4.90 Å². The molecule has 0 saturated heterocycles. The number of pyridine rings is 1. The molecule has 0 atom stereocenters. The van der Waals surface area contributed by atoms with E-state index in [9.17, 15) is 9.90 Å². The lowest BCUT2D eigenvalue weighted by atomic mass is 10.1. The molecule has 3 rings (SSSR count). The minimum atomic E-state index is -0.666. The van der Waals surface area contributed by atoms with E-state index in [1.54, 1.807) is 50.6 Å². The Morgan fingerprint density at radius 1 is 1.27 bits per heavy atom. The molecule has 0 radical (unpaired) electrons. The molecule has 1 N–H and O–H groups in total. The number of hydrogen-bond acceptors (Lipinski definition) is 9. The van der Waals surface area contributed by atoms with Gasteiger partial charge < -0.3 is 28.6 Å². The summed E-state index contributed by atoms with van der Waals surface area (Å²) < 4.78 is 21.4. The van der Waals surface area contributed by atoms with Crippen molar-refractivity contribution in [3.63, 3.8) is 0 Å².